The van der Waals surface area contributed by atoms with Crippen LogP contribution >= 0.6 is 11.6 Å². The van der Waals surface area contributed by atoms with Gasteiger partial charge in [-0.2, -0.15) is 0 Å². The van der Waals surface area contributed by atoms with Crippen LogP contribution in [0, 0.1) is 5.82 Å². The monoisotopic (exact) mass is 329 g/mol. The van der Waals surface area contributed by atoms with Crippen LogP contribution in [-0.4, -0.2) is 15.5 Å². The number of ether oxygens (including phenoxy) is 1. The van der Waals surface area contributed by atoms with Gasteiger partial charge in [-0.15, -0.1) is 0 Å². The number of rotatable bonds is 4. The molecule has 2 aromatic rings. The number of nitrogen functional groups attached to an aromatic ring is 1. The molecule has 0 heterocycles. The molecule has 0 spiro atoms. The second-order valence-corrected chi connectivity index (χ2v) is 6.79. The highest BCUT2D eigenvalue weighted by Crippen LogP contribution is 2.28. The molecule has 0 saturated heterocycles. The Morgan fingerprint density at radius 1 is 1.24 bits per heavy atom. The summed E-state index contributed by atoms with van der Waals surface area (Å²) in [4.78, 5) is -0.0961. The van der Waals surface area contributed by atoms with E-state index in [0.717, 1.165) is 6.07 Å². The van der Waals surface area contributed by atoms with E-state index in [2.05, 4.69) is 0 Å². The van der Waals surface area contributed by atoms with Crippen molar-refractivity contribution in [1.29, 1.82) is 0 Å². The lowest BCUT2D eigenvalue weighted by Gasteiger charge is -2.10. The molecule has 0 fully saturated rings. The van der Waals surface area contributed by atoms with Gasteiger partial charge in [0.15, 0.2) is 9.84 Å². The summed E-state index contributed by atoms with van der Waals surface area (Å²) in [5.74, 6) is -0.810. The molecule has 4 nitrogen and oxygen atoms in total. The van der Waals surface area contributed by atoms with E-state index >= 15 is 0 Å². The van der Waals surface area contributed by atoms with Gasteiger partial charge in [0.25, 0.3) is 0 Å². The third-order valence-electron chi connectivity index (χ3n) is 2.91. The SMILES string of the molecule is COc1ccc(N)c(S(=O)(=O)Cc2cc(Cl)ccc2F)c1. The lowest BCUT2D eigenvalue weighted by molar-refractivity contribution is 0.413. The maximum atomic E-state index is 13.7. The zero-order valence-corrected chi connectivity index (χ0v) is 12.7. The Morgan fingerprint density at radius 2 is 1.95 bits per heavy atom. The molecule has 2 N–H and O–H groups in total. The molecule has 0 atom stereocenters. The smallest absolute Gasteiger partial charge is 0.184 e. The first kappa shape index (κ1) is 15.6. The van der Waals surface area contributed by atoms with Gasteiger partial charge < -0.3 is 10.5 Å². The van der Waals surface area contributed by atoms with Crippen LogP contribution in [0.25, 0.3) is 0 Å². The molecule has 0 aliphatic rings. The van der Waals surface area contributed by atoms with Crippen molar-refractivity contribution in [2.75, 3.05) is 12.8 Å². The van der Waals surface area contributed by atoms with E-state index in [0.29, 0.717) is 5.75 Å². The first-order valence-electron chi connectivity index (χ1n) is 5.93. The van der Waals surface area contributed by atoms with E-state index in [4.69, 9.17) is 22.1 Å². The Bertz CT molecular complexity index is 778. The molecule has 0 radical (unpaired) electrons. The highest BCUT2D eigenvalue weighted by molar-refractivity contribution is 7.90. The topological polar surface area (TPSA) is 69.4 Å². The summed E-state index contributed by atoms with van der Waals surface area (Å²) in [5.41, 5.74) is 5.77. The van der Waals surface area contributed by atoms with Crippen LogP contribution in [0.1, 0.15) is 5.56 Å². The maximum Gasteiger partial charge on any atom is 0.184 e. The number of nitrogens with two attached hydrogens (primary N) is 1. The predicted octanol–water partition coefficient (Wildman–Crippen LogP) is 3.04. The average Bonchev–Trinajstić information content (AvgIpc) is 2.43. The van der Waals surface area contributed by atoms with Crippen LogP contribution in [0.5, 0.6) is 5.75 Å². The second-order valence-electron chi connectivity index (χ2n) is 4.40. The van der Waals surface area contributed by atoms with Gasteiger partial charge in [-0.25, -0.2) is 12.8 Å². The van der Waals surface area contributed by atoms with Crippen molar-refractivity contribution in [3.63, 3.8) is 0 Å². The lowest BCUT2D eigenvalue weighted by Crippen LogP contribution is -2.09. The second kappa shape index (κ2) is 5.91. The number of benzene rings is 2. The van der Waals surface area contributed by atoms with Gasteiger partial charge in [0, 0.05) is 16.7 Å². The van der Waals surface area contributed by atoms with Gasteiger partial charge in [0.1, 0.15) is 11.6 Å². The lowest BCUT2D eigenvalue weighted by atomic mass is 10.2. The fourth-order valence-corrected chi connectivity index (χ4v) is 3.55. The zero-order valence-electron chi connectivity index (χ0n) is 11.1. The van der Waals surface area contributed by atoms with Crippen LogP contribution in [0.2, 0.25) is 5.02 Å². The molecular formula is C14H13ClFNO3S. The predicted molar refractivity (Wildman–Crippen MR) is 79.7 cm³/mol. The Hall–Kier alpha value is -1.79. The standard InChI is InChI=1S/C14H13ClFNO3S/c1-20-11-3-5-13(17)14(7-11)21(18,19)8-9-6-10(15)2-4-12(9)16/h2-7H,8,17H2,1H3. The Kier molecular flexibility index (Phi) is 4.39. The third kappa shape index (κ3) is 3.46. The number of hydrogen-bond donors (Lipinski definition) is 1. The quantitative estimate of drug-likeness (QED) is 0.875. The van der Waals surface area contributed by atoms with Gasteiger partial charge in [0.05, 0.1) is 23.4 Å². The Balaban J connectivity index is 2.45. The van der Waals surface area contributed by atoms with E-state index in [1.54, 1.807) is 6.07 Å². The molecule has 2 rings (SSSR count). The number of anilines is 1. The summed E-state index contributed by atoms with van der Waals surface area (Å²) in [6.07, 6.45) is 0. The molecule has 0 saturated carbocycles. The van der Waals surface area contributed by atoms with Crippen LogP contribution in [0.4, 0.5) is 10.1 Å². The number of sulfone groups is 1. The molecule has 112 valence electrons. The molecule has 0 aliphatic carbocycles. The van der Waals surface area contributed by atoms with E-state index < -0.39 is 21.4 Å². The molecule has 7 heteroatoms. The summed E-state index contributed by atoms with van der Waals surface area (Å²) in [6, 6.07) is 8.06. The van der Waals surface area contributed by atoms with Crippen molar-refractivity contribution in [2.45, 2.75) is 10.6 Å². The van der Waals surface area contributed by atoms with Gasteiger partial charge in [-0.05, 0) is 30.3 Å². The number of hydrogen-bond acceptors (Lipinski definition) is 4. The zero-order chi connectivity index (χ0) is 15.6. The molecule has 0 unspecified atom stereocenters. The van der Waals surface area contributed by atoms with Crippen molar-refractivity contribution in [1.82, 2.24) is 0 Å². The molecule has 0 bridgehead atoms. The van der Waals surface area contributed by atoms with Crippen molar-refractivity contribution in [2.24, 2.45) is 0 Å². The summed E-state index contributed by atoms with van der Waals surface area (Å²) >= 11 is 5.76. The maximum absolute atomic E-state index is 13.7. The van der Waals surface area contributed by atoms with Crippen LogP contribution < -0.4 is 10.5 Å². The van der Waals surface area contributed by atoms with Gasteiger partial charge in [-0.3, -0.25) is 0 Å². The van der Waals surface area contributed by atoms with E-state index in [-0.39, 0.29) is 21.2 Å². The largest absolute Gasteiger partial charge is 0.497 e. The first-order valence-corrected chi connectivity index (χ1v) is 7.96. The molecular weight excluding hydrogens is 317 g/mol. The number of halogens is 2. The van der Waals surface area contributed by atoms with Crippen LogP contribution in [0.15, 0.2) is 41.3 Å². The highest BCUT2D eigenvalue weighted by atomic mass is 35.5. The fraction of sp³-hybridized carbons (Fsp3) is 0.143. The fourth-order valence-electron chi connectivity index (χ4n) is 1.85. The van der Waals surface area contributed by atoms with Crippen molar-refractivity contribution in [3.05, 3.63) is 52.8 Å². The molecule has 21 heavy (non-hydrogen) atoms. The summed E-state index contributed by atoms with van der Waals surface area (Å²) in [6.45, 7) is 0. The van der Waals surface area contributed by atoms with Crippen LogP contribution in [0.3, 0.4) is 0 Å². The summed E-state index contributed by atoms with van der Waals surface area (Å²) in [7, 11) is -2.40. The molecule has 2 aromatic carbocycles. The van der Waals surface area contributed by atoms with Crippen molar-refractivity contribution >= 4 is 27.1 Å². The summed E-state index contributed by atoms with van der Waals surface area (Å²) < 4.78 is 43.5. The van der Waals surface area contributed by atoms with E-state index in [9.17, 15) is 12.8 Å². The third-order valence-corrected chi connectivity index (χ3v) is 4.86. The van der Waals surface area contributed by atoms with Crippen LogP contribution in [-0.2, 0) is 15.6 Å². The highest BCUT2D eigenvalue weighted by Gasteiger charge is 2.21. The Morgan fingerprint density at radius 3 is 2.62 bits per heavy atom. The van der Waals surface area contributed by atoms with Gasteiger partial charge in [-0.1, -0.05) is 11.6 Å². The van der Waals surface area contributed by atoms with E-state index in [1.165, 1.54) is 31.4 Å². The first-order chi connectivity index (χ1) is 9.83. The average molecular weight is 330 g/mol. The molecule has 0 amide bonds. The Labute approximate surface area is 127 Å². The molecule has 0 aromatic heterocycles. The van der Waals surface area contributed by atoms with Gasteiger partial charge >= 0.3 is 0 Å². The minimum absolute atomic E-state index is 0.00952. The summed E-state index contributed by atoms with van der Waals surface area (Å²) in [5, 5.41) is 0.264. The normalized spacial score (nSPS) is 11.4. The minimum atomic E-state index is -3.82. The number of methoxy groups -OCH3 is 1. The van der Waals surface area contributed by atoms with Crippen molar-refractivity contribution < 1.29 is 17.5 Å². The minimum Gasteiger partial charge on any atom is -0.497 e. The molecule has 0 aliphatic heterocycles. The van der Waals surface area contributed by atoms with E-state index in [1.807, 2.05) is 0 Å². The van der Waals surface area contributed by atoms with Crippen molar-refractivity contribution in [3.8, 4) is 5.75 Å². The van der Waals surface area contributed by atoms with Gasteiger partial charge in [0.2, 0.25) is 0 Å².